The smallest absolute Gasteiger partial charge is 0.408 e. The summed E-state index contributed by atoms with van der Waals surface area (Å²) < 4.78 is 6.76. The van der Waals surface area contributed by atoms with Crippen LogP contribution in [-0.2, 0) is 4.74 Å². The first-order valence-corrected chi connectivity index (χ1v) is 12.2. The van der Waals surface area contributed by atoms with Crippen LogP contribution in [0.25, 0.3) is 5.82 Å². The minimum absolute atomic E-state index is 0.0129. The molecule has 0 bridgehead atoms. The van der Waals surface area contributed by atoms with Crippen LogP contribution in [0.1, 0.15) is 45.4 Å². The molecule has 0 aromatic carbocycles. The highest BCUT2D eigenvalue weighted by Crippen LogP contribution is 2.16. The van der Waals surface area contributed by atoms with Gasteiger partial charge in [-0.1, -0.05) is 25.7 Å². The number of nitrogens with one attached hydrogen (secondary N) is 1. The zero-order chi connectivity index (χ0) is 20.4. The van der Waals surface area contributed by atoms with Gasteiger partial charge in [-0.05, 0) is 38.9 Å². The van der Waals surface area contributed by atoms with Crippen molar-refractivity contribution in [3.8, 4) is 11.9 Å². The predicted octanol–water partition coefficient (Wildman–Crippen LogP) is 2.66. The van der Waals surface area contributed by atoms with Gasteiger partial charge in [0.2, 0.25) is 0 Å². The molecule has 0 saturated carbocycles. The summed E-state index contributed by atoms with van der Waals surface area (Å²) in [6.07, 6.45) is 1.27. The van der Waals surface area contributed by atoms with Crippen LogP contribution in [0.2, 0.25) is 19.6 Å². The van der Waals surface area contributed by atoms with Gasteiger partial charge in [0, 0.05) is 6.20 Å². The van der Waals surface area contributed by atoms with Crippen molar-refractivity contribution in [1.82, 2.24) is 25.1 Å². The van der Waals surface area contributed by atoms with Crippen LogP contribution in [0, 0.1) is 11.3 Å². The van der Waals surface area contributed by atoms with E-state index in [1.54, 1.807) is 27.7 Å². The highest BCUT2D eigenvalue weighted by molar-refractivity contribution is 6.88. The van der Waals surface area contributed by atoms with Gasteiger partial charge in [0.1, 0.15) is 11.7 Å². The highest BCUT2D eigenvalue weighted by Gasteiger charge is 2.24. The minimum Gasteiger partial charge on any atom is -0.444 e. The molecule has 27 heavy (non-hydrogen) atoms. The van der Waals surface area contributed by atoms with Crippen molar-refractivity contribution in [2.45, 2.75) is 59.0 Å². The molecule has 144 valence electrons. The van der Waals surface area contributed by atoms with Crippen molar-refractivity contribution < 1.29 is 9.53 Å². The van der Waals surface area contributed by atoms with Gasteiger partial charge >= 0.3 is 6.09 Å². The quantitative estimate of drug-likeness (QED) is 0.810. The summed E-state index contributed by atoms with van der Waals surface area (Å²) in [6.45, 7) is 13.8. The molecule has 2 aromatic rings. The number of pyridine rings is 1. The van der Waals surface area contributed by atoms with Crippen LogP contribution < -0.4 is 10.5 Å². The molecule has 9 heteroatoms. The summed E-state index contributed by atoms with van der Waals surface area (Å²) in [4.78, 5) is 20.8. The number of carbonyl (C=O) groups is 1. The summed E-state index contributed by atoms with van der Waals surface area (Å²) in [5.74, 6) is 0.961. The van der Waals surface area contributed by atoms with E-state index in [4.69, 9.17) is 4.74 Å². The maximum Gasteiger partial charge on any atom is 0.408 e. The first kappa shape index (κ1) is 20.6. The van der Waals surface area contributed by atoms with E-state index in [-0.39, 0.29) is 5.82 Å². The average molecular weight is 387 g/mol. The van der Waals surface area contributed by atoms with Crippen molar-refractivity contribution in [3.05, 3.63) is 30.0 Å². The summed E-state index contributed by atoms with van der Waals surface area (Å²) in [6, 6.07) is 5.29. The number of carbonyl (C=O) groups excluding carboxylic acids is 1. The molecule has 2 aromatic heterocycles. The van der Waals surface area contributed by atoms with Gasteiger partial charge in [0.25, 0.3) is 5.82 Å². The normalized spacial score (nSPS) is 13.0. The Morgan fingerprint density at radius 3 is 2.48 bits per heavy atom. The van der Waals surface area contributed by atoms with E-state index in [0.717, 1.165) is 0 Å². The number of rotatable bonds is 4. The average Bonchev–Trinajstić information content (AvgIpc) is 2.96. The topological polar surface area (TPSA) is 106 Å². The maximum absolute atomic E-state index is 12.1. The SMILES string of the molecule is C[C@H](NC(=O)OC(C)(C)C)c1nc(C#N)nn1-c1ccc([Si](C)(C)C)cn1. The van der Waals surface area contributed by atoms with Crippen LogP contribution >= 0.6 is 0 Å². The van der Waals surface area contributed by atoms with Crippen molar-refractivity contribution in [1.29, 1.82) is 5.26 Å². The third-order valence-electron chi connectivity index (χ3n) is 3.68. The molecule has 8 nitrogen and oxygen atoms in total. The molecule has 1 N–H and O–H groups in total. The minimum atomic E-state index is -1.47. The van der Waals surface area contributed by atoms with Gasteiger partial charge in [-0.15, -0.1) is 5.10 Å². The number of amides is 1. The molecule has 2 rings (SSSR count). The summed E-state index contributed by atoms with van der Waals surface area (Å²) >= 11 is 0. The number of alkyl carbamates (subject to hydrolysis) is 1. The Labute approximate surface area is 160 Å². The number of aromatic nitrogens is 4. The summed E-state index contributed by atoms with van der Waals surface area (Å²) in [5.41, 5.74) is -0.608. The second-order valence-electron chi connectivity index (χ2n) is 8.34. The van der Waals surface area contributed by atoms with E-state index in [2.05, 4.69) is 40.0 Å². The van der Waals surface area contributed by atoms with Gasteiger partial charge in [-0.25, -0.2) is 14.8 Å². The van der Waals surface area contributed by atoms with E-state index in [9.17, 15) is 10.1 Å². The highest BCUT2D eigenvalue weighted by atomic mass is 28.3. The van der Waals surface area contributed by atoms with Gasteiger partial charge in [0.05, 0.1) is 14.1 Å². The molecule has 0 radical (unpaired) electrons. The fraction of sp³-hybridized carbons (Fsp3) is 0.500. The van der Waals surface area contributed by atoms with Crippen LogP contribution in [0.3, 0.4) is 0 Å². The third kappa shape index (κ3) is 5.37. The van der Waals surface area contributed by atoms with Crippen LogP contribution in [-0.4, -0.2) is 39.5 Å². The molecule has 1 amide bonds. The fourth-order valence-corrected chi connectivity index (χ4v) is 3.36. The first-order chi connectivity index (χ1) is 12.4. The van der Waals surface area contributed by atoms with Gasteiger partial charge in [0.15, 0.2) is 11.6 Å². The summed E-state index contributed by atoms with van der Waals surface area (Å²) in [5, 5.41) is 17.3. The lowest BCUT2D eigenvalue weighted by Crippen LogP contribution is -2.38. The Hall–Kier alpha value is -2.73. The number of hydrogen-bond donors (Lipinski definition) is 1. The number of nitriles is 1. The Bertz CT molecular complexity index is 856. The Morgan fingerprint density at radius 2 is 2.00 bits per heavy atom. The van der Waals surface area contributed by atoms with Crippen molar-refractivity contribution in [3.63, 3.8) is 0 Å². The molecule has 0 unspecified atom stereocenters. The standard InChI is InChI=1S/C18H26N6O2Si/c1-12(21-17(25)26-18(2,3)4)16-22-14(10-19)23-24(16)15-9-8-13(11-20-15)27(5,6)7/h8-9,11-12H,1-7H3,(H,21,25)/t12-/m0/s1. The van der Waals surface area contributed by atoms with E-state index in [1.165, 1.54) is 9.87 Å². The molecular weight excluding hydrogens is 360 g/mol. The predicted molar refractivity (Wildman–Crippen MR) is 105 cm³/mol. The second kappa shape index (κ2) is 7.48. The number of nitrogens with zero attached hydrogens (tertiary/aromatic N) is 5. The molecular formula is C18H26N6O2Si. The zero-order valence-electron chi connectivity index (χ0n) is 16.9. The lowest BCUT2D eigenvalue weighted by molar-refractivity contribution is 0.0505. The molecule has 0 aliphatic carbocycles. The largest absolute Gasteiger partial charge is 0.444 e. The Balaban J connectivity index is 2.32. The Morgan fingerprint density at radius 1 is 1.33 bits per heavy atom. The lowest BCUT2D eigenvalue weighted by atomic mass is 10.2. The van der Waals surface area contributed by atoms with Crippen LogP contribution in [0.15, 0.2) is 18.3 Å². The molecule has 0 spiro atoms. The van der Waals surface area contributed by atoms with E-state index in [0.29, 0.717) is 11.6 Å². The number of ether oxygens (including phenoxy) is 1. The number of hydrogen-bond acceptors (Lipinski definition) is 6. The zero-order valence-corrected chi connectivity index (χ0v) is 17.9. The molecule has 1 atom stereocenters. The summed E-state index contributed by atoms with van der Waals surface area (Å²) in [7, 11) is -1.47. The van der Waals surface area contributed by atoms with Crippen LogP contribution in [0.4, 0.5) is 4.79 Å². The van der Waals surface area contributed by atoms with Crippen LogP contribution in [0.5, 0.6) is 0 Å². The third-order valence-corrected chi connectivity index (χ3v) is 5.71. The van der Waals surface area contributed by atoms with E-state index < -0.39 is 25.8 Å². The van der Waals surface area contributed by atoms with Crippen molar-refractivity contribution in [2.75, 3.05) is 0 Å². The second-order valence-corrected chi connectivity index (χ2v) is 13.4. The molecule has 0 aliphatic rings. The monoisotopic (exact) mass is 386 g/mol. The first-order valence-electron chi connectivity index (χ1n) is 8.74. The lowest BCUT2D eigenvalue weighted by Gasteiger charge is -2.22. The molecule has 0 fully saturated rings. The molecule has 0 aliphatic heterocycles. The van der Waals surface area contributed by atoms with E-state index in [1.807, 2.05) is 24.4 Å². The maximum atomic E-state index is 12.1. The van der Waals surface area contributed by atoms with Gasteiger partial charge < -0.3 is 10.1 Å². The van der Waals surface area contributed by atoms with Crippen molar-refractivity contribution >= 4 is 19.4 Å². The van der Waals surface area contributed by atoms with Gasteiger partial charge in [-0.3, -0.25) is 0 Å². The molecule has 2 heterocycles. The van der Waals surface area contributed by atoms with Crippen molar-refractivity contribution in [2.24, 2.45) is 0 Å². The van der Waals surface area contributed by atoms with Gasteiger partial charge in [-0.2, -0.15) is 9.94 Å². The Kier molecular flexibility index (Phi) is 5.70. The van der Waals surface area contributed by atoms with E-state index >= 15 is 0 Å². The molecule has 0 saturated heterocycles. The fourth-order valence-electron chi connectivity index (χ4n) is 2.32.